The van der Waals surface area contributed by atoms with E-state index < -0.39 is 0 Å². The molecule has 0 atom stereocenters. The highest BCUT2D eigenvalue weighted by atomic mass is 35.5. The van der Waals surface area contributed by atoms with Crippen molar-refractivity contribution in [1.82, 2.24) is 9.78 Å². The summed E-state index contributed by atoms with van der Waals surface area (Å²) in [6, 6.07) is 14.3. The Balaban J connectivity index is 2.05. The van der Waals surface area contributed by atoms with E-state index in [1.165, 1.54) is 17.9 Å². The molecular formula is C23H19Cl2N5O3. The average molecular weight is 484 g/mol. The Morgan fingerprint density at radius 3 is 2.70 bits per heavy atom. The van der Waals surface area contributed by atoms with Crippen LogP contribution in [0.3, 0.4) is 0 Å². The fraction of sp³-hybridized carbons (Fsp3) is 0.174. The number of ether oxygens (including phenoxy) is 2. The quantitative estimate of drug-likeness (QED) is 0.456. The number of aliphatic hydroxyl groups excluding tert-OH is 1. The van der Waals surface area contributed by atoms with E-state index in [1.54, 1.807) is 36.4 Å². The van der Waals surface area contributed by atoms with E-state index in [0.29, 0.717) is 32.7 Å². The second-order valence-corrected chi connectivity index (χ2v) is 7.58. The van der Waals surface area contributed by atoms with Gasteiger partial charge in [-0.05, 0) is 24.3 Å². The predicted octanol–water partition coefficient (Wildman–Crippen LogP) is 4.29. The summed E-state index contributed by atoms with van der Waals surface area (Å²) in [7, 11) is 1.50. The molecule has 10 heteroatoms. The van der Waals surface area contributed by atoms with Crippen LogP contribution in [0.25, 0.3) is 11.6 Å². The maximum atomic E-state index is 9.81. The molecule has 0 unspecified atom stereocenters. The van der Waals surface area contributed by atoms with E-state index in [0.717, 1.165) is 0 Å². The number of methoxy groups -OCH3 is 1. The lowest BCUT2D eigenvalue weighted by atomic mass is 10.0. The Labute approximate surface area is 200 Å². The number of nitrogens with zero attached hydrogens (tertiary/aromatic N) is 4. The minimum absolute atomic E-state index is 0.0505. The number of nitrogen functional groups attached to an aromatic ring is 1. The van der Waals surface area contributed by atoms with Crippen LogP contribution in [0.15, 0.2) is 36.4 Å². The van der Waals surface area contributed by atoms with E-state index in [1.807, 2.05) is 6.07 Å². The van der Waals surface area contributed by atoms with Gasteiger partial charge in [-0.25, -0.2) is 4.68 Å². The first-order valence-electron chi connectivity index (χ1n) is 9.66. The molecule has 3 rings (SSSR count). The summed E-state index contributed by atoms with van der Waals surface area (Å²) in [4.78, 5) is 0. The van der Waals surface area contributed by atoms with Crippen LogP contribution in [0.4, 0.5) is 5.82 Å². The minimum atomic E-state index is -0.219. The third kappa shape index (κ3) is 5.21. The highest BCUT2D eigenvalue weighted by Gasteiger charge is 2.20. The second kappa shape index (κ2) is 10.8. The van der Waals surface area contributed by atoms with Crippen molar-refractivity contribution in [2.75, 3.05) is 19.5 Å². The fourth-order valence-corrected chi connectivity index (χ4v) is 3.56. The molecule has 0 aliphatic rings. The molecule has 0 saturated carbocycles. The summed E-state index contributed by atoms with van der Waals surface area (Å²) in [5.41, 5.74) is 7.46. The standard InChI is InChI=1S/C23H19Cl2N5O3/c1-32-20-4-2-3-14(22(20)33-13-15-5-6-17(24)10-19(15)25)9-16(11-26)21-18(12-27)23(28)30(29-21)7-8-31/h2-6,9-10,31H,7-8,13,28H2,1H3/b16-9+. The first-order valence-corrected chi connectivity index (χ1v) is 10.4. The molecular weight excluding hydrogens is 465 g/mol. The van der Waals surface area contributed by atoms with Crippen molar-refractivity contribution in [2.24, 2.45) is 0 Å². The molecule has 0 aliphatic carbocycles. The summed E-state index contributed by atoms with van der Waals surface area (Å²) >= 11 is 12.2. The van der Waals surface area contributed by atoms with Crippen molar-refractivity contribution < 1.29 is 14.6 Å². The number of anilines is 1. The minimum Gasteiger partial charge on any atom is -0.493 e. The number of aromatic nitrogens is 2. The van der Waals surface area contributed by atoms with Crippen molar-refractivity contribution in [3.8, 4) is 23.6 Å². The number of nitrogens with two attached hydrogens (primary N) is 1. The average Bonchev–Trinajstić information content (AvgIpc) is 3.12. The van der Waals surface area contributed by atoms with E-state index in [9.17, 15) is 15.6 Å². The number of nitriles is 2. The van der Waals surface area contributed by atoms with Crippen molar-refractivity contribution in [3.05, 3.63) is 68.8 Å². The fourth-order valence-electron chi connectivity index (χ4n) is 3.10. The third-order valence-corrected chi connectivity index (χ3v) is 5.29. The van der Waals surface area contributed by atoms with Gasteiger partial charge in [0.15, 0.2) is 11.5 Å². The Hall–Kier alpha value is -3.69. The number of hydrogen-bond acceptors (Lipinski definition) is 7. The van der Waals surface area contributed by atoms with Gasteiger partial charge < -0.3 is 20.3 Å². The number of rotatable bonds is 8. The summed E-state index contributed by atoms with van der Waals surface area (Å²) in [5, 5.41) is 33.8. The molecule has 0 bridgehead atoms. The normalized spacial score (nSPS) is 11.0. The van der Waals surface area contributed by atoms with Gasteiger partial charge in [0, 0.05) is 21.2 Å². The van der Waals surface area contributed by atoms with Crippen LogP contribution in [-0.4, -0.2) is 28.6 Å². The molecule has 1 heterocycles. The van der Waals surface area contributed by atoms with E-state index >= 15 is 0 Å². The Morgan fingerprint density at radius 2 is 2.06 bits per heavy atom. The van der Waals surface area contributed by atoms with Crippen LogP contribution < -0.4 is 15.2 Å². The zero-order valence-electron chi connectivity index (χ0n) is 17.5. The van der Waals surface area contributed by atoms with Gasteiger partial charge in [-0.15, -0.1) is 0 Å². The number of benzene rings is 2. The molecule has 3 aromatic rings. The van der Waals surface area contributed by atoms with Crippen LogP contribution >= 0.6 is 23.2 Å². The number of hydrogen-bond donors (Lipinski definition) is 2. The molecule has 0 spiro atoms. The van der Waals surface area contributed by atoms with Crippen molar-refractivity contribution in [2.45, 2.75) is 13.2 Å². The number of halogens is 2. The molecule has 2 aromatic carbocycles. The number of allylic oxidation sites excluding steroid dienone is 1. The summed E-state index contributed by atoms with van der Waals surface area (Å²) in [6.07, 6.45) is 1.53. The number of aliphatic hydroxyl groups is 1. The van der Waals surface area contributed by atoms with Gasteiger partial charge in [-0.3, -0.25) is 0 Å². The monoisotopic (exact) mass is 483 g/mol. The zero-order chi connectivity index (χ0) is 24.0. The molecule has 0 amide bonds. The van der Waals surface area contributed by atoms with Gasteiger partial charge in [0.2, 0.25) is 0 Å². The van der Waals surface area contributed by atoms with Gasteiger partial charge in [-0.2, -0.15) is 15.6 Å². The third-order valence-electron chi connectivity index (χ3n) is 4.71. The maximum absolute atomic E-state index is 9.81. The van der Waals surface area contributed by atoms with Crippen LogP contribution in [-0.2, 0) is 13.2 Å². The van der Waals surface area contributed by atoms with Crippen molar-refractivity contribution in [3.63, 3.8) is 0 Å². The van der Waals surface area contributed by atoms with E-state index in [4.69, 9.17) is 38.4 Å². The van der Waals surface area contributed by atoms with Crippen LogP contribution in [0.2, 0.25) is 10.0 Å². The molecule has 0 saturated heterocycles. The van der Waals surface area contributed by atoms with Crippen LogP contribution in [0.1, 0.15) is 22.4 Å². The lowest BCUT2D eigenvalue weighted by Crippen LogP contribution is -2.07. The molecule has 0 fully saturated rings. The predicted molar refractivity (Wildman–Crippen MR) is 126 cm³/mol. The second-order valence-electron chi connectivity index (χ2n) is 6.74. The van der Waals surface area contributed by atoms with Crippen molar-refractivity contribution >= 4 is 40.7 Å². The molecule has 33 heavy (non-hydrogen) atoms. The highest BCUT2D eigenvalue weighted by molar-refractivity contribution is 6.35. The Morgan fingerprint density at radius 1 is 1.27 bits per heavy atom. The summed E-state index contributed by atoms with van der Waals surface area (Å²) in [5.74, 6) is 0.888. The van der Waals surface area contributed by atoms with Gasteiger partial charge in [0.1, 0.15) is 35.8 Å². The largest absolute Gasteiger partial charge is 0.493 e. The Kier molecular flexibility index (Phi) is 7.81. The molecule has 168 valence electrons. The molecule has 8 nitrogen and oxygen atoms in total. The molecule has 0 radical (unpaired) electrons. The smallest absolute Gasteiger partial charge is 0.168 e. The van der Waals surface area contributed by atoms with Gasteiger partial charge in [0.25, 0.3) is 0 Å². The van der Waals surface area contributed by atoms with Crippen LogP contribution in [0.5, 0.6) is 11.5 Å². The first kappa shape index (κ1) is 24.0. The molecule has 1 aromatic heterocycles. The van der Waals surface area contributed by atoms with Crippen LogP contribution in [0, 0.1) is 22.7 Å². The van der Waals surface area contributed by atoms with Gasteiger partial charge in [-0.1, -0.05) is 41.4 Å². The molecule has 0 aliphatic heterocycles. The van der Waals surface area contributed by atoms with E-state index in [-0.39, 0.29) is 42.4 Å². The Bertz CT molecular complexity index is 1290. The lowest BCUT2D eigenvalue weighted by Gasteiger charge is -2.14. The topological polar surface area (TPSA) is 130 Å². The zero-order valence-corrected chi connectivity index (χ0v) is 19.1. The SMILES string of the molecule is COc1cccc(/C=C(\C#N)c2nn(CCO)c(N)c2C#N)c1OCc1ccc(Cl)cc1Cl. The highest BCUT2D eigenvalue weighted by Crippen LogP contribution is 2.35. The maximum Gasteiger partial charge on any atom is 0.168 e. The van der Waals surface area contributed by atoms with Crippen molar-refractivity contribution in [1.29, 1.82) is 10.5 Å². The van der Waals surface area contributed by atoms with Gasteiger partial charge in [0.05, 0.1) is 25.8 Å². The lowest BCUT2D eigenvalue weighted by molar-refractivity contribution is 0.270. The first-order chi connectivity index (χ1) is 15.9. The van der Waals surface area contributed by atoms with E-state index in [2.05, 4.69) is 11.2 Å². The summed E-state index contributed by atoms with van der Waals surface area (Å²) in [6.45, 7) is -0.00185. The van der Waals surface area contributed by atoms with Gasteiger partial charge >= 0.3 is 0 Å². The summed E-state index contributed by atoms with van der Waals surface area (Å²) < 4.78 is 12.7. The molecule has 3 N–H and O–H groups in total. The number of para-hydroxylation sites is 1.